The molecule has 0 aromatic carbocycles. The number of H-pyrrole nitrogens is 1. The van der Waals surface area contributed by atoms with Gasteiger partial charge in [0.05, 0.1) is 5.69 Å². The molecule has 3 heteroatoms. The number of hydrogen-bond donors (Lipinski definition) is 2. The van der Waals surface area contributed by atoms with Crippen LogP contribution < -0.4 is 5.73 Å². The maximum atomic E-state index is 5.63. The molecule has 1 aromatic heterocycles. The number of nitrogens with one attached hydrogen (secondary N) is 1. The van der Waals surface area contributed by atoms with E-state index in [0.717, 1.165) is 18.5 Å². The van der Waals surface area contributed by atoms with Gasteiger partial charge in [0, 0.05) is 17.3 Å². The molecule has 0 bridgehead atoms. The molecule has 1 aliphatic rings. The number of nitrogens with two attached hydrogens (primary N) is 1. The number of fused-ring (bicyclic) bond motifs is 1. The zero-order valence-electron chi connectivity index (χ0n) is 7.88. The quantitative estimate of drug-likeness (QED) is 0.714. The van der Waals surface area contributed by atoms with Crippen LogP contribution in [0.5, 0.6) is 0 Å². The first-order chi connectivity index (χ1) is 6.27. The summed E-state index contributed by atoms with van der Waals surface area (Å²) in [6.07, 6.45) is 7.56. The summed E-state index contributed by atoms with van der Waals surface area (Å²) in [5.74, 6) is 0. The van der Waals surface area contributed by atoms with Gasteiger partial charge in [-0.05, 0) is 32.3 Å². The third kappa shape index (κ3) is 1.65. The molecule has 3 nitrogen and oxygen atoms in total. The van der Waals surface area contributed by atoms with Gasteiger partial charge in [-0.25, -0.2) is 0 Å². The minimum Gasteiger partial charge on any atom is -0.325 e. The van der Waals surface area contributed by atoms with Crippen molar-refractivity contribution in [3.8, 4) is 0 Å². The van der Waals surface area contributed by atoms with Crippen molar-refractivity contribution in [2.45, 2.75) is 32.2 Å². The van der Waals surface area contributed by atoms with Crippen LogP contribution in [0.2, 0.25) is 0 Å². The largest absolute Gasteiger partial charge is 0.325 e. The molecule has 0 fully saturated rings. The van der Waals surface area contributed by atoms with Crippen LogP contribution in [0.25, 0.3) is 6.08 Å². The molecule has 1 atom stereocenters. The van der Waals surface area contributed by atoms with Crippen LogP contribution in [0.3, 0.4) is 0 Å². The van der Waals surface area contributed by atoms with E-state index in [-0.39, 0.29) is 6.04 Å². The molecule has 0 spiro atoms. The zero-order chi connectivity index (χ0) is 9.26. The van der Waals surface area contributed by atoms with Gasteiger partial charge in [-0.2, -0.15) is 5.10 Å². The van der Waals surface area contributed by atoms with Crippen molar-refractivity contribution >= 4 is 6.08 Å². The molecule has 1 aliphatic carbocycles. The molecule has 3 N–H and O–H groups in total. The highest BCUT2D eigenvalue weighted by atomic mass is 15.1. The van der Waals surface area contributed by atoms with Crippen LogP contribution in [0.15, 0.2) is 6.08 Å². The van der Waals surface area contributed by atoms with E-state index in [9.17, 15) is 0 Å². The van der Waals surface area contributed by atoms with Gasteiger partial charge in [0.1, 0.15) is 0 Å². The van der Waals surface area contributed by atoms with Crippen LogP contribution in [-0.2, 0) is 12.8 Å². The van der Waals surface area contributed by atoms with Crippen molar-refractivity contribution in [1.82, 2.24) is 10.2 Å². The maximum absolute atomic E-state index is 5.63. The summed E-state index contributed by atoms with van der Waals surface area (Å²) in [7, 11) is 0. The fourth-order valence-corrected chi connectivity index (χ4v) is 1.73. The molecule has 70 valence electrons. The van der Waals surface area contributed by atoms with Crippen molar-refractivity contribution in [3.63, 3.8) is 0 Å². The molecule has 2 rings (SSSR count). The first-order valence-corrected chi connectivity index (χ1v) is 4.77. The second kappa shape index (κ2) is 3.34. The van der Waals surface area contributed by atoms with E-state index >= 15 is 0 Å². The number of nitrogens with zero attached hydrogens (tertiary/aromatic N) is 1. The van der Waals surface area contributed by atoms with Gasteiger partial charge in [0.25, 0.3) is 0 Å². The number of aromatic amines is 1. The second-order valence-corrected chi connectivity index (χ2v) is 3.64. The molecule has 13 heavy (non-hydrogen) atoms. The maximum Gasteiger partial charge on any atom is 0.0880 e. The van der Waals surface area contributed by atoms with Gasteiger partial charge in [-0.1, -0.05) is 6.08 Å². The van der Waals surface area contributed by atoms with E-state index in [1.54, 1.807) is 0 Å². The van der Waals surface area contributed by atoms with E-state index < -0.39 is 0 Å². The van der Waals surface area contributed by atoms with E-state index in [0.29, 0.717) is 0 Å². The Morgan fingerprint density at radius 2 is 2.38 bits per heavy atom. The standard InChI is InChI=1S/C10H15N3/c1-7(11)5-6-10-8-3-2-4-9(8)12-13-10/h5-7H,2-4,11H2,1H3,(H,12,13)/b6-5+. The molecule has 0 saturated heterocycles. The highest BCUT2D eigenvalue weighted by molar-refractivity contribution is 5.52. The summed E-state index contributed by atoms with van der Waals surface area (Å²) >= 11 is 0. The van der Waals surface area contributed by atoms with Gasteiger partial charge in [0.15, 0.2) is 0 Å². The predicted octanol–water partition coefficient (Wildman–Crippen LogP) is 1.26. The molecule has 0 aliphatic heterocycles. The third-order valence-corrected chi connectivity index (χ3v) is 2.40. The van der Waals surface area contributed by atoms with Gasteiger partial charge in [-0.15, -0.1) is 0 Å². The first-order valence-electron chi connectivity index (χ1n) is 4.77. The summed E-state index contributed by atoms with van der Waals surface area (Å²) in [5, 5.41) is 7.31. The smallest absolute Gasteiger partial charge is 0.0880 e. The predicted molar refractivity (Wildman–Crippen MR) is 53.3 cm³/mol. The van der Waals surface area contributed by atoms with E-state index in [1.807, 2.05) is 19.1 Å². The highest BCUT2D eigenvalue weighted by Gasteiger charge is 2.16. The summed E-state index contributed by atoms with van der Waals surface area (Å²) in [6.45, 7) is 1.96. The molecule has 0 amide bonds. The van der Waals surface area contributed by atoms with Gasteiger partial charge in [-0.3, -0.25) is 5.10 Å². The van der Waals surface area contributed by atoms with Crippen molar-refractivity contribution in [1.29, 1.82) is 0 Å². The molecular formula is C10H15N3. The molecule has 1 unspecified atom stereocenters. The first kappa shape index (κ1) is 8.51. The van der Waals surface area contributed by atoms with Gasteiger partial charge in [0.2, 0.25) is 0 Å². The summed E-state index contributed by atoms with van der Waals surface area (Å²) in [4.78, 5) is 0. The minimum atomic E-state index is 0.105. The molecular weight excluding hydrogens is 162 g/mol. The van der Waals surface area contributed by atoms with Crippen molar-refractivity contribution in [3.05, 3.63) is 23.0 Å². The topological polar surface area (TPSA) is 54.7 Å². The Hall–Kier alpha value is -1.09. The van der Waals surface area contributed by atoms with E-state index in [4.69, 9.17) is 5.73 Å². The lowest BCUT2D eigenvalue weighted by Gasteiger charge is -1.94. The molecule has 1 aromatic rings. The highest BCUT2D eigenvalue weighted by Crippen LogP contribution is 2.23. The van der Waals surface area contributed by atoms with Gasteiger partial charge < -0.3 is 5.73 Å². The normalized spacial score (nSPS) is 18.0. The van der Waals surface area contributed by atoms with E-state index in [1.165, 1.54) is 17.7 Å². The third-order valence-electron chi connectivity index (χ3n) is 2.40. The Morgan fingerprint density at radius 3 is 3.15 bits per heavy atom. The summed E-state index contributed by atoms with van der Waals surface area (Å²) in [6, 6.07) is 0.105. The lowest BCUT2D eigenvalue weighted by molar-refractivity contribution is 0.861. The number of aryl methyl sites for hydroxylation is 1. The van der Waals surface area contributed by atoms with Crippen LogP contribution in [0, 0.1) is 0 Å². The molecule has 0 radical (unpaired) electrons. The second-order valence-electron chi connectivity index (χ2n) is 3.64. The lowest BCUT2D eigenvalue weighted by Crippen LogP contribution is -2.10. The zero-order valence-corrected chi connectivity index (χ0v) is 7.88. The SMILES string of the molecule is CC(N)/C=C/c1n[nH]c2c1CCC2. The van der Waals surface area contributed by atoms with Crippen molar-refractivity contribution in [2.75, 3.05) is 0 Å². The Balaban J connectivity index is 2.22. The summed E-state index contributed by atoms with van der Waals surface area (Å²) < 4.78 is 0. The number of aromatic nitrogens is 2. The molecule has 0 saturated carbocycles. The average Bonchev–Trinajstić information content (AvgIpc) is 2.60. The van der Waals surface area contributed by atoms with Crippen molar-refractivity contribution in [2.24, 2.45) is 5.73 Å². The Morgan fingerprint density at radius 1 is 1.54 bits per heavy atom. The van der Waals surface area contributed by atoms with E-state index in [2.05, 4.69) is 10.2 Å². The van der Waals surface area contributed by atoms with Crippen LogP contribution in [-0.4, -0.2) is 16.2 Å². The number of rotatable bonds is 2. The van der Waals surface area contributed by atoms with Crippen LogP contribution >= 0.6 is 0 Å². The fourth-order valence-electron chi connectivity index (χ4n) is 1.73. The average molecular weight is 177 g/mol. The Bertz CT molecular complexity index is 323. The minimum absolute atomic E-state index is 0.105. The van der Waals surface area contributed by atoms with Crippen LogP contribution in [0.1, 0.15) is 30.3 Å². The number of hydrogen-bond acceptors (Lipinski definition) is 2. The molecule has 1 heterocycles. The summed E-state index contributed by atoms with van der Waals surface area (Å²) in [5.41, 5.74) is 9.40. The van der Waals surface area contributed by atoms with Crippen molar-refractivity contribution < 1.29 is 0 Å². The van der Waals surface area contributed by atoms with Gasteiger partial charge >= 0.3 is 0 Å². The Kier molecular flexibility index (Phi) is 2.19. The monoisotopic (exact) mass is 177 g/mol. The Labute approximate surface area is 78.0 Å². The lowest BCUT2D eigenvalue weighted by atomic mass is 10.2. The fraction of sp³-hybridized carbons (Fsp3) is 0.500. The van der Waals surface area contributed by atoms with Crippen LogP contribution in [0.4, 0.5) is 0 Å².